The van der Waals surface area contributed by atoms with Crippen LogP contribution in [0.5, 0.6) is 11.5 Å². The third kappa shape index (κ3) is 7.55. The van der Waals surface area contributed by atoms with Crippen molar-refractivity contribution in [1.82, 2.24) is 5.32 Å². The Morgan fingerprint density at radius 3 is 2.00 bits per heavy atom. The van der Waals surface area contributed by atoms with Gasteiger partial charge in [-0.05, 0) is 55.5 Å². The van der Waals surface area contributed by atoms with Crippen molar-refractivity contribution >= 4 is 27.6 Å². The summed E-state index contributed by atoms with van der Waals surface area (Å²) in [4.78, 5) is 21.9. The number of carbonyl (C=O) groups excluding carboxylic acids is 1. The average Bonchev–Trinajstić information content (AvgIpc) is 3.71. The van der Waals surface area contributed by atoms with Gasteiger partial charge in [-0.25, -0.2) is 13.2 Å². The lowest BCUT2D eigenvalue weighted by atomic mass is 9.91. The number of carboxylic acid groups (broad SMARTS) is 1. The van der Waals surface area contributed by atoms with Gasteiger partial charge in [0.15, 0.2) is 11.5 Å². The number of halogens is 3. The molecule has 0 bridgehead atoms. The predicted octanol–water partition coefficient (Wildman–Crippen LogP) is 4.62. The fraction of sp³-hybridized carbons (Fsp3) is 0.462. The molecule has 0 atom stereocenters. The first-order valence-corrected chi connectivity index (χ1v) is 13.8. The molecule has 1 amide bonds. The summed E-state index contributed by atoms with van der Waals surface area (Å²) in [7, 11) is -0.853. The van der Waals surface area contributed by atoms with Crippen LogP contribution in [0, 0.1) is 0 Å². The van der Waals surface area contributed by atoms with Gasteiger partial charge in [0.25, 0.3) is 10.0 Å². The predicted molar refractivity (Wildman–Crippen MR) is 136 cm³/mol. The maximum Gasteiger partial charge on any atom is 0.490 e. The van der Waals surface area contributed by atoms with Gasteiger partial charge in [0, 0.05) is 17.8 Å². The minimum absolute atomic E-state index is 0.0738. The number of nitrogens with one attached hydrogen (secondary N) is 2. The van der Waals surface area contributed by atoms with Gasteiger partial charge in [0.2, 0.25) is 5.91 Å². The molecule has 0 spiro atoms. The Balaban J connectivity index is 0.000000532. The first-order chi connectivity index (χ1) is 18.3. The monoisotopic (exact) mass is 572 g/mol. The lowest BCUT2D eigenvalue weighted by Gasteiger charge is -2.25. The van der Waals surface area contributed by atoms with Gasteiger partial charge in [-0.2, -0.15) is 13.2 Å². The number of methoxy groups -OCH3 is 2. The second-order valence-electron chi connectivity index (χ2n) is 9.39. The molecule has 2 saturated carbocycles. The fourth-order valence-electron chi connectivity index (χ4n) is 4.40. The summed E-state index contributed by atoms with van der Waals surface area (Å²) in [5, 5.41) is 10.4. The first-order valence-electron chi connectivity index (χ1n) is 12.3. The van der Waals surface area contributed by atoms with Crippen molar-refractivity contribution < 1.29 is 45.8 Å². The number of carboxylic acids is 1. The number of sulfonamides is 1. The highest BCUT2D eigenvalue weighted by Crippen LogP contribution is 2.49. The van der Waals surface area contributed by atoms with E-state index >= 15 is 0 Å². The van der Waals surface area contributed by atoms with Crippen molar-refractivity contribution in [1.29, 1.82) is 0 Å². The summed E-state index contributed by atoms with van der Waals surface area (Å²) in [6, 6.07) is 11.8. The molecule has 0 aliphatic heterocycles. The van der Waals surface area contributed by atoms with Gasteiger partial charge < -0.3 is 19.9 Å². The van der Waals surface area contributed by atoms with Crippen LogP contribution in [0.15, 0.2) is 47.4 Å². The van der Waals surface area contributed by atoms with Crippen LogP contribution >= 0.6 is 0 Å². The second kappa shape index (κ2) is 12.1. The van der Waals surface area contributed by atoms with E-state index in [2.05, 4.69) is 10.0 Å². The van der Waals surface area contributed by atoms with Crippen molar-refractivity contribution in [2.24, 2.45) is 0 Å². The number of hydrogen-bond donors (Lipinski definition) is 3. The molecule has 0 aromatic heterocycles. The maximum absolute atomic E-state index is 13.0. The van der Waals surface area contributed by atoms with Crippen molar-refractivity contribution in [2.45, 2.75) is 67.5 Å². The SMILES string of the molecule is COc1ccc(S(=O)(=O)Nc2ccc(C3(C(=O)NC4CCCCC4)CC3)cc2)cc1OC.O=C(O)C(F)(F)F. The van der Waals surface area contributed by atoms with Crippen LogP contribution in [0.1, 0.15) is 50.5 Å². The zero-order valence-electron chi connectivity index (χ0n) is 21.5. The molecule has 9 nitrogen and oxygen atoms in total. The first kappa shape index (κ1) is 30.1. The standard InChI is InChI=1S/C24H30N2O5S.C2HF3O2/c1-30-21-13-12-20(16-22(21)31-2)32(28,29)26-19-10-8-17(9-11-19)24(14-15-24)23(27)25-18-6-4-3-5-7-18;3-2(4,5)1(6)7/h8-13,16,18,26H,3-7,14-15H2,1-2H3,(H,25,27);(H,6,7). The van der Waals surface area contributed by atoms with Crippen LogP contribution in [0.25, 0.3) is 0 Å². The average molecular weight is 573 g/mol. The molecule has 4 rings (SSSR count). The minimum atomic E-state index is -5.08. The van der Waals surface area contributed by atoms with Crippen LogP contribution in [-0.4, -0.2) is 51.8 Å². The minimum Gasteiger partial charge on any atom is -0.493 e. The van der Waals surface area contributed by atoms with E-state index in [1.165, 1.54) is 45.6 Å². The van der Waals surface area contributed by atoms with Gasteiger partial charge in [-0.3, -0.25) is 9.52 Å². The zero-order valence-corrected chi connectivity index (χ0v) is 22.3. The van der Waals surface area contributed by atoms with Crippen LogP contribution in [-0.2, 0) is 25.0 Å². The third-order valence-electron chi connectivity index (χ3n) is 6.72. The van der Waals surface area contributed by atoms with Crippen molar-refractivity contribution in [3.05, 3.63) is 48.0 Å². The number of carbonyl (C=O) groups is 2. The Hall–Kier alpha value is -3.48. The van der Waals surface area contributed by atoms with Crippen LogP contribution in [0.3, 0.4) is 0 Å². The molecule has 3 N–H and O–H groups in total. The molecule has 214 valence electrons. The Morgan fingerprint density at radius 1 is 0.949 bits per heavy atom. The van der Waals surface area contributed by atoms with Gasteiger partial charge in [0.1, 0.15) is 0 Å². The number of alkyl halides is 3. The molecule has 39 heavy (non-hydrogen) atoms. The van der Waals surface area contributed by atoms with Gasteiger partial charge in [-0.15, -0.1) is 0 Å². The number of benzene rings is 2. The van der Waals surface area contributed by atoms with Gasteiger partial charge in [0.05, 0.1) is 24.5 Å². The quantitative estimate of drug-likeness (QED) is 0.421. The van der Waals surface area contributed by atoms with Gasteiger partial charge in [-0.1, -0.05) is 31.4 Å². The molecular formula is C26H31F3N2O7S. The molecule has 2 aromatic rings. The molecule has 0 radical (unpaired) electrons. The Labute approximate surface area is 224 Å². The zero-order chi connectivity index (χ0) is 28.8. The number of aliphatic carboxylic acids is 1. The molecule has 0 unspecified atom stereocenters. The second-order valence-corrected chi connectivity index (χ2v) is 11.1. The number of hydrogen-bond acceptors (Lipinski definition) is 6. The number of rotatable bonds is 8. The molecular weight excluding hydrogens is 541 g/mol. The smallest absolute Gasteiger partial charge is 0.490 e. The third-order valence-corrected chi connectivity index (χ3v) is 8.10. The Morgan fingerprint density at radius 2 is 1.51 bits per heavy atom. The molecule has 0 heterocycles. The lowest BCUT2D eigenvalue weighted by molar-refractivity contribution is -0.192. The summed E-state index contributed by atoms with van der Waals surface area (Å²) in [5.74, 6) is -1.86. The maximum atomic E-state index is 13.0. The van der Waals surface area contributed by atoms with Crippen LogP contribution in [0.2, 0.25) is 0 Å². The summed E-state index contributed by atoms with van der Waals surface area (Å²) < 4.78 is 70.3. The number of ether oxygens (including phenoxy) is 2. The summed E-state index contributed by atoms with van der Waals surface area (Å²) in [6.07, 6.45) is 2.26. The summed E-state index contributed by atoms with van der Waals surface area (Å²) in [6.45, 7) is 0. The Bertz CT molecular complexity index is 1270. The Kier molecular flexibility index (Phi) is 9.36. The highest BCUT2D eigenvalue weighted by atomic mass is 32.2. The summed E-state index contributed by atoms with van der Waals surface area (Å²) in [5.41, 5.74) is 0.893. The molecule has 2 aromatic carbocycles. The molecule has 2 fully saturated rings. The highest BCUT2D eigenvalue weighted by molar-refractivity contribution is 7.92. The van der Waals surface area contributed by atoms with E-state index in [0.29, 0.717) is 17.2 Å². The topological polar surface area (TPSA) is 131 Å². The molecule has 13 heteroatoms. The largest absolute Gasteiger partial charge is 0.493 e. The number of anilines is 1. The van der Waals surface area contributed by atoms with Crippen LogP contribution < -0.4 is 19.5 Å². The normalized spacial score (nSPS) is 16.7. The van der Waals surface area contributed by atoms with Crippen molar-refractivity contribution in [2.75, 3.05) is 18.9 Å². The number of amides is 1. The fourth-order valence-corrected chi connectivity index (χ4v) is 5.47. The lowest BCUT2D eigenvalue weighted by Crippen LogP contribution is -2.42. The summed E-state index contributed by atoms with van der Waals surface area (Å²) >= 11 is 0. The van der Waals surface area contributed by atoms with E-state index in [1.54, 1.807) is 18.2 Å². The van der Waals surface area contributed by atoms with E-state index in [9.17, 15) is 26.4 Å². The van der Waals surface area contributed by atoms with E-state index < -0.39 is 27.6 Å². The molecule has 2 aliphatic rings. The van der Waals surface area contributed by atoms with E-state index in [-0.39, 0.29) is 16.8 Å². The highest BCUT2D eigenvalue weighted by Gasteiger charge is 2.51. The van der Waals surface area contributed by atoms with Crippen LogP contribution in [0.4, 0.5) is 18.9 Å². The van der Waals surface area contributed by atoms with Crippen molar-refractivity contribution in [3.63, 3.8) is 0 Å². The van der Waals surface area contributed by atoms with E-state index in [0.717, 1.165) is 31.2 Å². The molecule has 0 saturated heterocycles. The molecule has 2 aliphatic carbocycles. The van der Waals surface area contributed by atoms with Crippen molar-refractivity contribution in [3.8, 4) is 11.5 Å². The van der Waals surface area contributed by atoms with E-state index in [4.69, 9.17) is 19.4 Å². The van der Waals surface area contributed by atoms with Gasteiger partial charge >= 0.3 is 12.1 Å². The van der Waals surface area contributed by atoms with E-state index in [1.807, 2.05) is 12.1 Å².